The van der Waals surface area contributed by atoms with Gasteiger partial charge < -0.3 is 5.32 Å². The van der Waals surface area contributed by atoms with Crippen LogP contribution in [-0.4, -0.2) is 33.8 Å². The first-order valence-electron chi connectivity index (χ1n) is 8.16. The average Bonchev–Trinajstić information content (AvgIpc) is 2.83. The number of nitrogens with one attached hydrogen (secondary N) is 2. The fourth-order valence-corrected chi connectivity index (χ4v) is 4.17. The third-order valence-corrected chi connectivity index (χ3v) is 5.43. The molecule has 2 heterocycles. The number of fused-ring (bicyclic) bond motifs is 1. The summed E-state index contributed by atoms with van der Waals surface area (Å²) >= 11 is 0. The van der Waals surface area contributed by atoms with Gasteiger partial charge in [0.15, 0.2) is 5.82 Å². The first-order chi connectivity index (χ1) is 10.2. The number of rotatable bonds is 3. The van der Waals surface area contributed by atoms with E-state index in [4.69, 9.17) is 0 Å². The van der Waals surface area contributed by atoms with Crippen LogP contribution in [0.25, 0.3) is 0 Å². The third kappa shape index (κ3) is 2.35. The number of carbonyl (C=O) groups is 1. The molecule has 2 aliphatic carbocycles. The van der Waals surface area contributed by atoms with E-state index in [2.05, 4.69) is 20.7 Å². The summed E-state index contributed by atoms with van der Waals surface area (Å²) in [5.41, 5.74) is 0. The highest BCUT2D eigenvalue weighted by molar-refractivity contribution is 5.93. The molecule has 2 atom stereocenters. The summed E-state index contributed by atoms with van der Waals surface area (Å²) < 4.78 is 1.72. The lowest BCUT2D eigenvalue weighted by Gasteiger charge is -2.19. The molecule has 1 amide bonds. The molecule has 1 aromatic rings. The van der Waals surface area contributed by atoms with E-state index in [1.54, 1.807) is 4.68 Å². The predicted molar refractivity (Wildman–Crippen MR) is 78.8 cm³/mol. The van der Waals surface area contributed by atoms with E-state index in [0.717, 1.165) is 31.8 Å². The second kappa shape index (κ2) is 5.09. The monoisotopic (exact) mass is 289 g/mol. The van der Waals surface area contributed by atoms with Gasteiger partial charge >= 0.3 is 0 Å². The number of anilines is 1. The molecule has 114 valence electrons. The predicted octanol–water partition coefficient (Wildman–Crippen LogP) is 1.27. The van der Waals surface area contributed by atoms with Crippen LogP contribution in [0.15, 0.2) is 0 Å². The summed E-state index contributed by atoms with van der Waals surface area (Å²) in [5, 5.41) is 10.8. The number of hydrogen-bond acceptors (Lipinski definition) is 4. The Labute approximate surface area is 124 Å². The molecule has 4 rings (SSSR count). The van der Waals surface area contributed by atoms with Crippen LogP contribution < -0.4 is 10.6 Å². The molecular formula is C15H23N5O. The maximum absolute atomic E-state index is 12.3. The zero-order chi connectivity index (χ0) is 14.4. The molecule has 1 aliphatic heterocycles. The van der Waals surface area contributed by atoms with Crippen LogP contribution >= 0.6 is 0 Å². The van der Waals surface area contributed by atoms with Crippen molar-refractivity contribution in [1.82, 2.24) is 20.1 Å². The Morgan fingerprint density at radius 3 is 2.67 bits per heavy atom. The number of amides is 1. The Hall–Kier alpha value is -1.43. The highest BCUT2D eigenvalue weighted by atomic mass is 16.2. The van der Waals surface area contributed by atoms with E-state index < -0.39 is 0 Å². The van der Waals surface area contributed by atoms with Crippen LogP contribution in [0, 0.1) is 17.8 Å². The fraction of sp³-hybridized carbons (Fsp3) is 0.800. The molecule has 0 radical (unpaired) electrons. The molecule has 6 nitrogen and oxygen atoms in total. The van der Waals surface area contributed by atoms with Gasteiger partial charge in [0.25, 0.3) is 0 Å². The molecule has 0 spiro atoms. The van der Waals surface area contributed by atoms with E-state index in [-0.39, 0.29) is 11.8 Å². The first kappa shape index (κ1) is 13.2. The van der Waals surface area contributed by atoms with E-state index >= 15 is 0 Å². The first-order valence-corrected chi connectivity index (χ1v) is 8.16. The zero-order valence-corrected chi connectivity index (χ0v) is 12.5. The normalized spacial score (nSPS) is 32.0. The highest BCUT2D eigenvalue weighted by Crippen LogP contribution is 2.57. The van der Waals surface area contributed by atoms with Crippen LogP contribution in [0.3, 0.4) is 0 Å². The van der Waals surface area contributed by atoms with Crippen molar-refractivity contribution in [2.45, 2.75) is 38.0 Å². The van der Waals surface area contributed by atoms with Crippen molar-refractivity contribution in [2.24, 2.45) is 24.8 Å². The molecule has 1 saturated heterocycles. The second-order valence-electron chi connectivity index (χ2n) is 6.72. The molecule has 3 aliphatic rings. The number of aromatic nitrogens is 3. The maximum atomic E-state index is 12.3. The molecule has 6 heteroatoms. The minimum Gasteiger partial charge on any atom is -0.317 e. The van der Waals surface area contributed by atoms with Gasteiger partial charge in [-0.1, -0.05) is 6.42 Å². The van der Waals surface area contributed by atoms with Crippen LogP contribution in [0.5, 0.6) is 0 Å². The number of piperidine rings is 1. The Balaban J connectivity index is 1.43. The Bertz CT molecular complexity index is 538. The van der Waals surface area contributed by atoms with Gasteiger partial charge in [-0.15, -0.1) is 0 Å². The van der Waals surface area contributed by atoms with Crippen molar-refractivity contribution in [1.29, 1.82) is 0 Å². The molecule has 2 N–H and O–H groups in total. The lowest BCUT2D eigenvalue weighted by Crippen LogP contribution is -2.27. The van der Waals surface area contributed by atoms with Crippen LogP contribution in [0.1, 0.15) is 43.8 Å². The van der Waals surface area contributed by atoms with Crippen LogP contribution in [0.4, 0.5) is 5.95 Å². The second-order valence-corrected chi connectivity index (χ2v) is 6.72. The molecule has 0 bridgehead atoms. The van der Waals surface area contributed by atoms with Crippen molar-refractivity contribution in [3.05, 3.63) is 5.82 Å². The summed E-state index contributed by atoms with van der Waals surface area (Å²) in [6.07, 6.45) is 5.89. The lowest BCUT2D eigenvalue weighted by atomic mass is 9.98. The minimum absolute atomic E-state index is 0.150. The summed E-state index contributed by atoms with van der Waals surface area (Å²) in [6.45, 7) is 2.05. The van der Waals surface area contributed by atoms with Crippen molar-refractivity contribution >= 4 is 11.9 Å². The topological polar surface area (TPSA) is 71.8 Å². The standard InChI is InChI=1S/C15H23N5O/c1-20-15(17-13(19-20)9-5-7-16-8-6-9)18-14(21)12-10-3-2-4-11(10)12/h9-12,16H,2-8H2,1H3,(H,17,18,19,21). The van der Waals surface area contributed by atoms with Gasteiger partial charge in [0.1, 0.15) is 0 Å². The van der Waals surface area contributed by atoms with Crippen molar-refractivity contribution in [2.75, 3.05) is 18.4 Å². The zero-order valence-electron chi connectivity index (χ0n) is 12.5. The number of aryl methyl sites for hydroxylation is 1. The number of nitrogens with zero attached hydrogens (tertiary/aromatic N) is 3. The number of carbonyl (C=O) groups excluding carboxylic acids is 1. The Morgan fingerprint density at radius 1 is 1.24 bits per heavy atom. The maximum Gasteiger partial charge on any atom is 0.230 e. The molecule has 2 unspecified atom stereocenters. The quantitative estimate of drug-likeness (QED) is 0.879. The van der Waals surface area contributed by atoms with Gasteiger partial charge in [-0.3, -0.25) is 10.1 Å². The van der Waals surface area contributed by atoms with E-state index in [1.807, 2.05) is 7.05 Å². The van der Waals surface area contributed by atoms with Crippen LogP contribution in [-0.2, 0) is 11.8 Å². The van der Waals surface area contributed by atoms with Gasteiger partial charge in [0.2, 0.25) is 11.9 Å². The van der Waals surface area contributed by atoms with Gasteiger partial charge in [-0.25, -0.2) is 4.68 Å². The third-order valence-electron chi connectivity index (χ3n) is 5.43. The van der Waals surface area contributed by atoms with Gasteiger partial charge in [0.05, 0.1) is 0 Å². The van der Waals surface area contributed by atoms with Gasteiger partial charge in [0, 0.05) is 18.9 Å². The van der Waals surface area contributed by atoms with Gasteiger partial charge in [-0.05, 0) is 50.6 Å². The molecular weight excluding hydrogens is 266 g/mol. The summed E-state index contributed by atoms with van der Waals surface area (Å²) in [7, 11) is 1.86. The highest BCUT2D eigenvalue weighted by Gasteiger charge is 2.56. The van der Waals surface area contributed by atoms with Crippen molar-refractivity contribution in [3.63, 3.8) is 0 Å². The molecule has 3 fully saturated rings. The van der Waals surface area contributed by atoms with E-state index in [9.17, 15) is 4.79 Å². The fourth-order valence-electron chi connectivity index (χ4n) is 4.17. The summed E-state index contributed by atoms with van der Waals surface area (Å²) in [6, 6.07) is 0. The number of hydrogen-bond donors (Lipinski definition) is 2. The Morgan fingerprint density at radius 2 is 1.95 bits per heavy atom. The van der Waals surface area contributed by atoms with E-state index in [0.29, 0.717) is 23.7 Å². The molecule has 0 aromatic carbocycles. The van der Waals surface area contributed by atoms with E-state index in [1.165, 1.54) is 19.3 Å². The molecule has 2 saturated carbocycles. The van der Waals surface area contributed by atoms with Crippen molar-refractivity contribution in [3.8, 4) is 0 Å². The molecule has 1 aromatic heterocycles. The van der Waals surface area contributed by atoms with Crippen LogP contribution in [0.2, 0.25) is 0 Å². The Kier molecular flexibility index (Phi) is 3.21. The summed E-state index contributed by atoms with van der Waals surface area (Å²) in [4.78, 5) is 16.9. The average molecular weight is 289 g/mol. The van der Waals surface area contributed by atoms with Crippen molar-refractivity contribution < 1.29 is 4.79 Å². The summed E-state index contributed by atoms with van der Waals surface area (Å²) in [5.74, 6) is 3.58. The smallest absolute Gasteiger partial charge is 0.230 e. The lowest BCUT2D eigenvalue weighted by molar-refractivity contribution is -0.118. The largest absolute Gasteiger partial charge is 0.317 e. The minimum atomic E-state index is 0.150. The SMILES string of the molecule is Cn1nc(C2CCNCC2)nc1NC(=O)C1C2CCCC21. The van der Waals surface area contributed by atoms with Gasteiger partial charge in [-0.2, -0.15) is 10.1 Å². The molecule has 21 heavy (non-hydrogen) atoms.